The number of aliphatic hydroxyl groups is 1. The summed E-state index contributed by atoms with van der Waals surface area (Å²) in [6.07, 6.45) is 3.29. The summed E-state index contributed by atoms with van der Waals surface area (Å²) in [5.74, 6) is 0.354. The topological polar surface area (TPSA) is 89.9 Å². The number of halogens is 1. The first-order chi connectivity index (χ1) is 13.7. The molecular formula is C21H18ClN5O. The lowest BCUT2D eigenvalue weighted by molar-refractivity contribution is 0.276. The molecule has 2 aromatic heterocycles. The fraction of sp³-hybridized carbons (Fsp3) is 0.0952. The lowest BCUT2D eigenvalue weighted by Gasteiger charge is -2.10. The lowest BCUT2D eigenvalue weighted by Crippen LogP contribution is -2.00. The van der Waals surface area contributed by atoms with Crippen molar-refractivity contribution in [2.45, 2.75) is 13.2 Å². The van der Waals surface area contributed by atoms with Gasteiger partial charge in [-0.1, -0.05) is 54.1 Å². The summed E-state index contributed by atoms with van der Waals surface area (Å²) in [6, 6.07) is 17.3. The van der Waals surface area contributed by atoms with Crippen LogP contribution in [0.5, 0.6) is 0 Å². The van der Waals surface area contributed by atoms with Crippen LogP contribution in [0, 0.1) is 0 Å². The van der Waals surface area contributed by atoms with E-state index in [1.54, 1.807) is 16.8 Å². The number of benzene rings is 2. The molecule has 0 bridgehead atoms. The predicted molar refractivity (Wildman–Crippen MR) is 110 cm³/mol. The molecule has 4 aromatic rings. The Labute approximate surface area is 167 Å². The third kappa shape index (κ3) is 3.60. The van der Waals surface area contributed by atoms with E-state index in [1.807, 2.05) is 48.7 Å². The minimum atomic E-state index is -0.207. The normalized spacial score (nSPS) is 10.9. The largest absolute Gasteiger partial charge is 0.390 e. The van der Waals surface area contributed by atoms with Crippen LogP contribution in [0.25, 0.3) is 22.4 Å². The number of nitrogens with two attached hydrogens (primary N) is 1. The van der Waals surface area contributed by atoms with Crippen LogP contribution in [0.3, 0.4) is 0 Å². The molecule has 0 saturated carbocycles. The minimum absolute atomic E-state index is 0.207. The average Bonchev–Trinajstić information content (AvgIpc) is 3.12. The molecule has 0 aliphatic rings. The van der Waals surface area contributed by atoms with Gasteiger partial charge < -0.3 is 10.8 Å². The van der Waals surface area contributed by atoms with Crippen LogP contribution in [-0.2, 0) is 13.2 Å². The highest BCUT2D eigenvalue weighted by Crippen LogP contribution is 2.35. The number of aromatic nitrogens is 4. The lowest BCUT2D eigenvalue weighted by atomic mass is 10.00. The molecule has 0 saturated heterocycles. The zero-order valence-electron chi connectivity index (χ0n) is 15.0. The molecule has 3 N–H and O–H groups in total. The summed E-state index contributed by atoms with van der Waals surface area (Å²) in [4.78, 5) is 8.59. The standard InChI is InChI=1S/C21H18ClN5O/c22-16-8-6-15(7-9-16)19-20(24-13-25-21(19)23)17-11-27(26-18(17)12-28)10-14-4-2-1-3-5-14/h1-9,11,13,28H,10,12H2,(H2,23,24,25). The maximum Gasteiger partial charge on any atom is 0.135 e. The van der Waals surface area contributed by atoms with Crippen molar-refractivity contribution in [3.05, 3.63) is 83.4 Å². The number of nitrogens with zero attached hydrogens (tertiary/aromatic N) is 4. The zero-order valence-corrected chi connectivity index (χ0v) is 15.7. The molecule has 0 fully saturated rings. The van der Waals surface area contributed by atoms with E-state index in [4.69, 9.17) is 17.3 Å². The van der Waals surface area contributed by atoms with E-state index in [2.05, 4.69) is 15.1 Å². The highest BCUT2D eigenvalue weighted by molar-refractivity contribution is 6.30. The van der Waals surface area contributed by atoms with Gasteiger partial charge in [0.05, 0.1) is 30.1 Å². The summed E-state index contributed by atoms with van der Waals surface area (Å²) < 4.78 is 1.79. The number of nitrogen functional groups attached to an aromatic ring is 1. The molecular weight excluding hydrogens is 374 g/mol. The van der Waals surface area contributed by atoms with Gasteiger partial charge in [0.1, 0.15) is 12.1 Å². The number of anilines is 1. The molecule has 0 radical (unpaired) electrons. The van der Waals surface area contributed by atoms with Gasteiger partial charge in [0.15, 0.2) is 0 Å². The van der Waals surface area contributed by atoms with E-state index < -0.39 is 0 Å². The number of aliphatic hydroxyl groups excluding tert-OH is 1. The highest BCUT2D eigenvalue weighted by atomic mass is 35.5. The summed E-state index contributed by atoms with van der Waals surface area (Å²) in [5.41, 5.74) is 10.7. The Morgan fingerprint density at radius 2 is 1.75 bits per heavy atom. The number of rotatable bonds is 5. The van der Waals surface area contributed by atoms with E-state index in [0.29, 0.717) is 34.3 Å². The first kappa shape index (κ1) is 18.2. The van der Waals surface area contributed by atoms with Crippen LogP contribution >= 0.6 is 11.6 Å². The molecule has 140 valence electrons. The van der Waals surface area contributed by atoms with E-state index in [-0.39, 0.29) is 6.61 Å². The Kier molecular flexibility index (Phi) is 5.06. The first-order valence-electron chi connectivity index (χ1n) is 8.73. The van der Waals surface area contributed by atoms with Crippen LogP contribution in [0.1, 0.15) is 11.3 Å². The summed E-state index contributed by atoms with van der Waals surface area (Å²) in [7, 11) is 0. The predicted octanol–water partition coefficient (Wildman–Crippen LogP) is 3.78. The van der Waals surface area contributed by atoms with Gasteiger partial charge in [-0.25, -0.2) is 9.97 Å². The average molecular weight is 392 g/mol. The Bertz CT molecular complexity index is 1090. The van der Waals surface area contributed by atoms with E-state index in [0.717, 1.165) is 16.7 Å². The quantitative estimate of drug-likeness (QED) is 0.540. The molecule has 0 unspecified atom stereocenters. The molecule has 2 aromatic carbocycles. The molecule has 4 rings (SSSR count). The Hall–Kier alpha value is -3.22. The number of hydrogen-bond donors (Lipinski definition) is 2. The van der Waals surface area contributed by atoms with Gasteiger partial charge in [0, 0.05) is 16.8 Å². The van der Waals surface area contributed by atoms with Crippen molar-refractivity contribution in [3.63, 3.8) is 0 Å². The van der Waals surface area contributed by atoms with E-state index >= 15 is 0 Å². The minimum Gasteiger partial charge on any atom is -0.390 e. The smallest absolute Gasteiger partial charge is 0.135 e. The zero-order chi connectivity index (χ0) is 19.5. The highest BCUT2D eigenvalue weighted by Gasteiger charge is 2.19. The molecule has 0 amide bonds. The molecule has 28 heavy (non-hydrogen) atoms. The molecule has 6 nitrogen and oxygen atoms in total. The fourth-order valence-corrected chi connectivity index (χ4v) is 3.26. The molecule has 0 aliphatic heterocycles. The van der Waals surface area contributed by atoms with Gasteiger partial charge in [-0.3, -0.25) is 4.68 Å². The van der Waals surface area contributed by atoms with Crippen molar-refractivity contribution in [1.29, 1.82) is 0 Å². The number of hydrogen-bond acceptors (Lipinski definition) is 5. The maximum absolute atomic E-state index is 9.86. The van der Waals surface area contributed by atoms with Gasteiger partial charge in [-0.05, 0) is 23.3 Å². The molecule has 7 heteroatoms. The Balaban J connectivity index is 1.81. The van der Waals surface area contributed by atoms with Gasteiger partial charge in [0.2, 0.25) is 0 Å². The van der Waals surface area contributed by atoms with Gasteiger partial charge in [-0.2, -0.15) is 5.10 Å². The summed E-state index contributed by atoms with van der Waals surface area (Å²) >= 11 is 6.01. The second-order valence-electron chi connectivity index (χ2n) is 6.32. The third-order valence-electron chi connectivity index (χ3n) is 4.44. The molecule has 2 heterocycles. The Morgan fingerprint density at radius 3 is 2.46 bits per heavy atom. The first-order valence-corrected chi connectivity index (χ1v) is 9.11. The third-order valence-corrected chi connectivity index (χ3v) is 4.69. The van der Waals surface area contributed by atoms with E-state index in [9.17, 15) is 5.11 Å². The van der Waals surface area contributed by atoms with Gasteiger partial charge in [0.25, 0.3) is 0 Å². The monoisotopic (exact) mass is 391 g/mol. The Morgan fingerprint density at radius 1 is 1.00 bits per heavy atom. The summed E-state index contributed by atoms with van der Waals surface area (Å²) in [5, 5.41) is 15.0. The van der Waals surface area contributed by atoms with Gasteiger partial charge in [-0.15, -0.1) is 0 Å². The summed E-state index contributed by atoms with van der Waals surface area (Å²) in [6.45, 7) is 0.381. The second-order valence-corrected chi connectivity index (χ2v) is 6.76. The van der Waals surface area contributed by atoms with Crippen molar-refractivity contribution in [3.8, 4) is 22.4 Å². The van der Waals surface area contributed by atoms with E-state index in [1.165, 1.54) is 6.33 Å². The van der Waals surface area contributed by atoms with Crippen LogP contribution < -0.4 is 5.73 Å². The van der Waals surface area contributed by atoms with Crippen molar-refractivity contribution >= 4 is 17.4 Å². The van der Waals surface area contributed by atoms with Crippen molar-refractivity contribution in [1.82, 2.24) is 19.7 Å². The maximum atomic E-state index is 9.86. The molecule has 0 spiro atoms. The van der Waals surface area contributed by atoms with Gasteiger partial charge >= 0.3 is 0 Å². The van der Waals surface area contributed by atoms with Crippen molar-refractivity contribution < 1.29 is 5.11 Å². The fourth-order valence-electron chi connectivity index (χ4n) is 3.13. The van der Waals surface area contributed by atoms with Crippen molar-refractivity contribution in [2.24, 2.45) is 0 Å². The van der Waals surface area contributed by atoms with Crippen LogP contribution in [0.2, 0.25) is 5.02 Å². The van der Waals surface area contributed by atoms with Crippen LogP contribution in [0.15, 0.2) is 67.1 Å². The van der Waals surface area contributed by atoms with Crippen molar-refractivity contribution in [2.75, 3.05) is 5.73 Å². The molecule has 0 atom stereocenters. The van der Waals surface area contributed by atoms with Crippen LogP contribution in [-0.4, -0.2) is 24.9 Å². The SMILES string of the molecule is Nc1ncnc(-c2cn(Cc3ccccc3)nc2CO)c1-c1ccc(Cl)cc1. The molecule has 0 aliphatic carbocycles. The van der Waals surface area contributed by atoms with Crippen LogP contribution in [0.4, 0.5) is 5.82 Å². The second kappa shape index (κ2) is 7.80.